The minimum absolute atomic E-state index is 0.0340. The molecule has 2 aliphatic rings. The van der Waals surface area contributed by atoms with E-state index in [0.717, 1.165) is 12.3 Å². The van der Waals surface area contributed by atoms with Crippen LogP contribution in [-0.4, -0.2) is 68.1 Å². The fourth-order valence-corrected chi connectivity index (χ4v) is 7.00. The molecule has 1 fully saturated rings. The highest BCUT2D eigenvalue weighted by molar-refractivity contribution is 8.00. The van der Waals surface area contributed by atoms with Crippen molar-refractivity contribution in [1.82, 2.24) is 19.0 Å². The number of fused-ring (bicyclic) bond motifs is 3. The van der Waals surface area contributed by atoms with Crippen LogP contribution in [0.25, 0.3) is 10.9 Å². The number of ether oxygens (including phenoxy) is 1. The van der Waals surface area contributed by atoms with E-state index in [4.69, 9.17) is 25.2 Å². The van der Waals surface area contributed by atoms with Gasteiger partial charge >= 0.3 is 17.6 Å². The number of rotatable bonds is 9. The molecule has 6 rings (SSSR count). The number of aryl methyl sites for hydroxylation is 2. The molecule has 1 saturated heterocycles. The number of nitro groups is 1. The number of pyridine rings is 1. The van der Waals surface area contributed by atoms with E-state index in [1.54, 1.807) is 24.5 Å². The predicted molar refractivity (Wildman–Crippen MR) is 162 cm³/mol. The average Bonchev–Trinajstić information content (AvgIpc) is 3.52. The summed E-state index contributed by atoms with van der Waals surface area (Å²) < 4.78 is 34.3. The minimum Gasteiger partial charge on any atom is -0.453 e. The zero-order valence-corrected chi connectivity index (χ0v) is 26.0. The first-order chi connectivity index (χ1) is 21.5. The number of carbonyl (C=O) groups excluding carboxylic acids is 1. The van der Waals surface area contributed by atoms with Crippen LogP contribution in [0.1, 0.15) is 40.0 Å². The Kier molecular flexibility index (Phi) is 8.22. The number of benzene rings is 1. The van der Waals surface area contributed by atoms with E-state index in [2.05, 4.69) is 9.88 Å². The molecular formula is C28H28ClFN6O8S. The number of aromatic nitrogens is 3. The first kappa shape index (κ1) is 30.9. The zero-order chi connectivity index (χ0) is 32.2. The molecule has 3 aromatic heterocycles. The maximum Gasteiger partial charge on any atom is 0.519 e. The lowest BCUT2D eigenvalue weighted by molar-refractivity contribution is -0.392. The number of halogens is 2. The molecular weight excluding hydrogens is 635 g/mol. The van der Waals surface area contributed by atoms with Crippen LogP contribution < -0.4 is 16.2 Å². The summed E-state index contributed by atoms with van der Waals surface area (Å²) in [4.78, 5) is 57.1. The fourth-order valence-electron chi connectivity index (χ4n) is 5.69. The van der Waals surface area contributed by atoms with Gasteiger partial charge in [0.05, 0.1) is 34.0 Å². The van der Waals surface area contributed by atoms with Gasteiger partial charge in [0.15, 0.2) is 17.7 Å². The molecule has 14 nitrogen and oxygen atoms in total. The number of esters is 1. The lowest BCUT2D eigenvalue weighted by Gasteiger charge is -2.37. The van der Waals surface area contributed by atoms with E-state index in [9.17, 15) is 24.5 Å². The molecule has 0 bridgehead atoms. The minimum atomic E-state index is -1.00. The van der Waals surface area contributed by atoms with Crippen LogP contribution in [0.15, 0.2) is 41.8 Å². The van der Waals surface area contributed by atoms with Gasteiger partial charge in [0, 0.05) is 38.5 Å². The van der Waals surface area contributed by atoms with Gasteiger partial charge < -0.3 is 33.2 Å². The number of imidazole rings is 1. The molecule has 5 heterocycles. The normalized spacial score (nSPS) is 17.3. The molecule has 0 aliphatic carbocycles. The molecule has 2 unspecified atom stereocenters. The first-order valence-electron chi connectivity index (χ1n) is 14.0. The Morgan fingerprint density at radius 2 is 1.98 bits per heavy atom. The molecule has 2 aliphatic heterocycles. The summed E-state index contributed by atoms with van der Waals surface area (Å²) in [5, 5.41) is 11.7. The second-order valence-electron chi connectivity index (χ2n) is 10.8. The van der Waals surface area contributed by atoms with E-state index in [1.807, 2.05) is 11.8 Å². The third-order valence-electron chi connectivity index (χ3n) is 8.05. The third kappa shape index (κ3) is 5.61. The largest absolute Gasteiger partial charge is 0.519 e. The predicted octanol–water partition coefficient (Wildman–Crippen LogP) is 3.82. The summed E-state index contributed by atoms with van der Waals surface area (Å²) in [7, 11) is 0. The topological polar surface area (TPSA) is 159 Å². The van der Waals surface area contributed by atoms with E-state index in [1.165, 1.54) is 16.3 Å². The maximum atomic E-state index is 15.6. The van der Waals surface area contributed by atoms with Gasteiger partial charge in [0.1, 0.15) is 29.9 Å². The van der Waals surface area contributed by atoms with Crippen LogP contribution in [0.4, 0.5) is 15.9 Å². The molecule has 4 aromatic rings. The van der Waals surface area contributed by atoms with Crippen molar-refractivity contribution in [2.24, 2.45) is 0 Å². The summed E-state index contributed by atoms with van der Waals surface area (Å²) in [6, 6.07) is 2.79. The lowest BCUT2D eigenvalue weighted by atomic mass is 10.1. The van der Waals surface area contributed by atoms with Gasteiger partial charge in [-0.15, -0.1) is 11.6 Å². The molecule has 0 radical (unpaired) electrons. The molecule has 17 heteroatoms. The SMILES string of the molecule is Cc1oc(=O)oc1CN1CCN(c2cc3c(cc2F)c(=O)c(C(=O)OC(CCl)Cn2c([N+](=O)[O-])cnc2C)c2n3C(C)S2)CC1. The van der Waals surface area contributed by atoms with Crippen molar-refractivity contribution in [2.45, 2.75) is 50.4 Å². The molecule has 238 valence electrons. The smallest absolute Gasteiger partial charge is 0.453 e. The van der Waals surface area contributed by atoms with Gasteiger partial charge in [-0.1, -0.05) is 11.8 Å². The molecule has 45 heavy (non-hydrogen) atoms. The second-order valence-corrected chi connectivity index (χ2v) is 12.4. The monoisotopic (exact) mass is 662 g/mol. The quantitative estimate of drug-likeness (QED) is 0.111. The summed E-state index contributed by atoms with van der Waals surface area (Å²) in [6.45, 7) is 7.52. The van der Waals surface area contributed by atoms with Crippen molar-refractivity contribution < 1.29 is 27.7 Å². The Hall–Kier alpha value is -4.15. The van der Waals surface area contributed by atoms with Gasteiger partial charge in [-0.3, -0.25) is 9.69 Å². The van der Waals surface area contributed by atoms with Crippen LogP contribution in [0.2, 0.25) is 0 Å². The van der Waals surface area contributed by atoms with Crippen molar-refractivity contribution in [1.29, 1.82) is 0 Å². The maximum absolute atomic E-state index is 15.6. The number of alkyl halides is 1. The highest BCUT2D eigenvalue weighted by atomic mass is 35.5. The Labute approximate surface area is 263 Å². The second kappa shape index (κ2) is 12.0. The average molecular weight is 663 g/mol. The Balaban J connectivity index is 1.25. The van der Waals surface area contributed by atoms with Gasteiger partial charge in [0.25, 0.3) is 0 Å². The lowest BCUT2D eigenvalue weighted by Crippen LogP contribution is -2.46. The summed E-state index contributed by atoms with van der Waals surface area (Å²) in [5.41, 5.74) is -0.0854. The fraction of sp³-hybridized carbons (Fsp3) is 0.429. The van der Waals surface area contributed by atoms with E-state index < -0.39 is 34.1 Å². The van der Waals surface area contributed by atoms with Gasteiger partial charge in [0.2, 0.25) is 5.43 Å². The molecule has 0 saturated carbocycles. The van der Waals surface area contributed by atoms with Crippen LogP contribution in [0.5, 0.6) is 0 Å². The molecule has 1 aromatic carbocycles. The van der Waals surface area contributed by atoms with E-state index in [0.29, 0.717) is 66.3 Å². The van der Waals surface area contributed by atoms with Crippen LogP contribution in [0.3, 0.4) is 0 Å². The van der Waals surface area contributed by atoms with Gasteiger partial charge in [-0.05, 0) is 30.9 Å². The van der Waals surface area contributed by atoms with Crippen molar-refractivity contribution in [3.8, 4) is 0 Å². The van der Waals surface area contributed by atoms with Crippen LogP contribution >= 0.6 is 23.4 Å². The number of piperazine rings is 1. The summed E-state index contributed by atoms with van der Waals surface area (Å²) >= 11 is 7.37. The standard InChI is InChI=1S/C28H28ClFN6O8S/c1-14-22(44-28(39)42-14)13-32-4-6-33(7-5-32)21-9-20-18(8-19(21)30)25(37)24(26-35(20)16(3)45-26)27(38)43-17(10-29)12-34-15(2)31-11-23(34)36(40)41/h8-9,11,16-17H,4-7,10,12-13H2,1-3H3. The van der Waals surface area contributed by atoms with Crippen molar-refractivity contribution in [3.63, 3.8) is 0 Å². The molecule has 2 atom stereocenters. The van der Waals surface area contributed by atoms with Crippen molar-refractivity contribution in [2.75, 3.05) is 37.0 Å². The summed E-state index contributed by atoms with van der Waals surface area (Å²) in [6.07, 6.45) is 0.0971. The zero-order valence-electron chi connectivity index (χ0n) is 24.4. The van der Waals surface area contributed by atoms with Crippen LogP contribution in [0, 0.1) is 29.8 Å². The van der Waals surface area contributed by atoms with Gasteiger partial charge in [-0.2, -0.15) is 0 Å². The highest BCUT2D eigenvalue weighted by Gasteiger charge is 2.36. The molecule has 0 N–H and O–H groups in total. The Bertz CT molecular complexity index is 1950. The Morgan fingerprint density at radius 1 is 1.24 bits per heavy atom. The number of anilines is 1. The number of hydrogen-bond donors (Lipinski definition) is 0. The van der Waals surface area contributed by atoms with Crippen molar-refractivity contribution >= 4 is 51.7 Å². The van der Waals surface area contributed by atoms with E-state index in [-0.39, 0.29) is 34.6 Å². The number of thioether (sulfide) groups is 1. The van der Waals surface area contributed by atoms with Gasteiger partial charge in [-0.25, -0.2) is 23.5 Å². The third-order valence-corrected chi connectivity index (χ3v) is 9.57. The number of carbonyl (C=O) groups is 1. The van der Waals surface area contributed by atoms with Crippen molar-refractivity contribution in [3.05, 3.63) is 78.0 Å². The highest BCUT2D eigenvalue weighted by Crippen LogP contribution is 2.47. The number of nitrogens with zero attached hydrogens (tertiary/aromatic N) is 6. The molecule has 0 amide bonds. The number of hydrogen-bond acceptors (Lipinski definition) is 12. The molecule has 0 spiro atoms. The Morgan fingerprint density at radius 3 is 2.60 bits per heavy atom. The van der Waals surface area contributed by atoms with Crippen LogP contribution in [-0.2, 0) is 17.8 Å². The summed E-state index contributed by atoms with van der Waals surface area (Å²) in [5.74, 6) is -1.55. The van der Waals surface area contributed by atoms with E-state index >= 15 is 4.39 Å². The first-order valence-corrected chi connectivity index (χ1v) is 15.5.